The van der Waals surface area contributed by atoms with Crippen molar-refractivity contribution in [1.82, 2.24) is 15.0 Å². The number of hydrogen-bond acceptors (Lipinski definition) is 5. The maximum absolute atomic E-state index is 13.9. The Balaban J connectivity index is 1.73. The monoisotopic (exact) mass is 389 g/mol. The molecule has 140 valence electrons. The van der Waals surface area contributed by atoms with Gasteiger partial charge in [-0.1, -0.05) is 23.4 Å². The third kappa shape index (κ3) is 4.71. The second kappa shape index (κ2) is 8.30. The van der Waals surface area contributed by atoms with Gasteiger partial charge >= 0.3 is 0 Å². The van der Waals surface area contributed by atoms with E-state index in [1.165, 1.54) is 28.8 Å². The van der Waals surface area contributed by atoms with E-state index in [2.05, 4.69) is 10.1 Å². The molecule has 0 spiro atoms. The highest BCUT2D eigenvalue weighted by atomic mass is 32.2. The zero-order valence-electron chi connectivity index (χ0n) is 14.8. The first-order chi connectivity index (χ1) is 12.9. The van der Waals surface area contributed by atoms with Crippen molar-refractivity contribution in [3.05, 3.63) is 76.9 Å². The van der Waals surface area contributed by atoms with Crippen LogP contribution in [0.25, 0.3) is 0 Å². The van der Waals surface area contributed by atoms with E-state index in [-0.39, 0.29) is 18.0 Å². The van der Waals surface area contributed by atoms with Gasteiger partial charge in [-0.15, -0.1) is 11.8 Å². The zero-order chi connectivity index (χ0) is 19.4. The van der Waals surface area contributed by atoms with Gasteiger partial charge in [-0.2, -0.15) is 4.98 Å². The minimum Gasteiger partial charge on any atom is -0.338 e. The van der Waals surface area contributed by atoms with Crippen LogP contribution in [0.4, 0.5) is 8.78 Å². The molecule has 0 aliphatic carbocycles. The molecule has 0 saturated carbocycles. The Morgan fingerprint density at radius 1 is 1.22 bits per heavy atom. The summed E-state index contributed by atoms with van der Waals surface area (Å²) in [5, 5.41) is 3.74. The first-order valence-corrected chi connectivity index (χ1v) is 9.13. The Hall–Kier alpha value is -2.74. The minimum atomic E-state index is -0.677. The van der Waals surface area contributed by atoms with Crippen molar-refractivity contribution >= 4 is 17.7 Å². The number of aromatic nitrogens is 2. The summed E-state index contributed by atoms with van der Waals surface area (Å²) in [4.78, 5) is 19.1. The van der Waals surface area contributed by atoms with Gasteiger partial charge in [0.15, 0.2) is 5.82 Å². The van der Waals surface area contributed by atoms with Gasteiger partial charge in [-0.05, 0) is 25.1 Å². The number of nitrogens with zero attached hydrogens (tertiary/aromatic N) is 3. The van der Waals surface area contributed by atoms with E-state index >= 15 is 0 Å². The number of amides is 1. The number of carbonyl (C=O) groups is 1. The van der Waals surface area contributed by atoms with E-state index in [9.17, 15) is 13.6 Å². The molecule has 3 rings (SSSR count). The quantitative estimate of drug-likeness (QED) is 0.591. The Bertz CT molecular complexity index is 962. The van der Waals surface area contributed by atoms with E-state index in [4.69, 9.17) is 4.52 Å². The predicted molar refractivity (Wildman–Crippen MR) is 97.2 cm³/mol. The van der Waals surface area contributed by atoms with Crippen LogP contribution in [-0.2, 0) is 12.3 Å². The lowest BCUT2D eigenvalue weighted by Gasteiger charge is -2.19. The van der Waals surface area contributed by atoms with Crippen LogP contribution in [0.1, 0.15) is 27.6 Å². The maximum Gasteiger partial charge on any atom is 0.255 e. The van der Waals surface area contributed by atoms with Gasteiger partial charge in [0, 0.05) is 30.1 Å². The highest BCUT2D eigenvalue weighted by Gasteiger charge is 2.18. The Labute approximate surface area is 159 Å². The number of benzene rings is 2. The van der Waals surface area contributed by atoms with E-state index in [0.29, 0.717) is 23.0 Å². The Kier molecular flexibility index (Phi) is 5.85. The lowest BCUT2D eigenvalue weighted by atomic mass is 10.1. The molecular formula is C19H17F2N3O2S. The molecule has 1 aromatic heterocycles. The molecule has 1 amide bonds. The second-order valence-corrected chi connectivity index (χ2v) is 6.93. The number of hydrogen-bond donors (Lipinski definition) is 0. The van der Waals surface area contributed by atoms with Crippen LogP contribution in [0.3, 0.4) is 0 Å². The van der Waals surface area contributed by atoms with Crippen LogP contribution in [0.2, 0.25) is 0 Å². The summed E-state index contributed by atoms with van der Waals surface area (Å²) in [6.07, 6.45) is 0. The SMILES string of the molecule is Cc1noc(CSc2ccccc2C(=O)N(C)Cc2ccc(F)cc2F)n1. The van der Waals surface area contributed by atoms with Crippen LogP contribution in [0.5, 0.6) is 0 Å². The molecule has 0 fully saturated rings. The van der Waals surface area contributed by atoms with Crippen LogP contribution < -0.4 is 0 Å². The van der Waals surface area contributed by atoms with Gasteiger partial charge in [0.1, 0.15) is 11.6 Å². The molecule has 0 unspecified atom stereocenters. The van der Waals surface area contributed by atoms with E-state index in [0.717, 1.165) is 11.0 Å². The number of halogens is 2. The average molecular weight is 389 g/mol. The van der Waals surface area contributed by atoms with Crippen molar-refractivity contribution in [3.63, 3.8) is 0 Å². The molecule has 5 nitrogen and oxygen atoms in total. The smallest absolute Gasteiger partial charge is 0.255 e. The summed E-state index contributed by atoms with van der Waals surface area (Å²) < 4.78 is 32.0. The number of thioether (sulfide) groups is 1. The number of rotatable bonds is 6. The largest absolute Gasteiger partial charge is 0.338 e. The van der Waals surface area contributed by atoms with Gasteiger partial charge in [0.2, 0.25) is 5.89 Å². The fraction of sp³-hybridized carbons (Fsp3) is 0.211. The molecule has 27 heavy (non-hydrogen) atoms. The molecule has 0 radical (unpaired) electrons. The summed E-state index contributed by atoms with van der Waals surface area (Å²) >= 11 is 1.40. The second-order valence-electron chi connectivity index (χ2n) is 5.92. The molecule has 0 aliphatic heterocycles. The van der Waals surface area contributed by atoms with Crippen molar-refractivity contribution in [2.24, 2.45) is 0 Å². The minimum absolute atomic E-state index is 0.0345. The lowest BCUT2D eigenvalue weighted by molar-refractivity contribution is 0.0780. The topological polar surface area (TPSA) is 59.2 Å². The molecule has 1 heterocycles. The van der Waals surface area contributed by atoms with Crippen LogP contribution in [0.15, 0.2) is 51.9 Å². The highest BCUT2D eigenvalue weighted by molar-refractivity contribution is 7.98. The van der Waals surface area contributed by atoms with Crippen LogP contribution in [0, 0.1) is 18.6 Å². The van der Waals surface area contributed by atoms with Crippen LogP contribution >= 0.6 is 11.8 Å². The van der Waals surface area contributed by atoms with Crippen molar-refractivity contribution in [3.8, 4) is 0 Å². The fourth-order valence-electron chi connectivity index (χ4n) is 2.49. The van der Waals surface area contributed by atoms with Crippen molar-refractivity contribution in [2.75, 3.05) is 7.05 Å². The molecule has 0 atom stereocenters. The normalized spacial score (nSPS) is 10.8. The van der Waals surface area contributed by atoms with Crippen molar-refractivity contribution < 1.29 is 18.1 Å². The van der Waals surface area contributed by atoms with Gasteiger partial charge in [0.25, 0.3) is 5.91 Å². The molecular weight excluding hydrogens is 372 g/mol. The molecule has 0 bridgehead atoms. The lowest BCUT2D eigenvalue weighted by Crippen LogP contribution is -2.27. The molecule has 0 aliphatic rings. The summed E-state index contributed by atoms with van der Waals surface area (Å²) in [6, 6.07) is 10.5. The number of carbonyl (C=O) groups excluding carboxylic acids is 1. The van der Waals surface area contributed by atoms with Gasteiger partial charge < -0.3 is 9.42 Å². The molecule has 0 saturated heterocycles. The molecule has 8 heteroatoms. The summed E-state index contributed by atoms with van der Waals surface area (Å²) in [7, 11) is 1.58. The summed E-state index contributed by atoms with van der Waals surface area (Å²) in [5.41, 5.74) is 0.738. The fourth-order valence-corrected chi connectivity index (χ4v) is 3.37. The van der Waals surface area contributed by atoms with Crippen molar-refractivity contribution in [1.29, 1.82) is 0 Å². The predicted octanol–water partition coefficient (Wildman–Crippen LogP) is 4.22. The van der Waals surface area contributed by atoms with Gasteiger partial charge in [-0.25, -0.2) is 8.78 Å². The third-order valence-corrected chi connectivity index (χ3v) is 4.87. The summed E-state index contributed by atoms with van der Waals surface area (Å²) in [5.74, 6) is -0.130. The van der Waals surface area contributed by atoms with E-state index in [1.807, 2.05) is 12.1 Å². The van der Waals surface area contributed by atoms with E-state index < -0.39 is 11.6 Å². The van der Waals surface area contributed by atoms with Gasteiger partial charge in [0.05, 0.1) is 11.3 Å². The zero-order valence-corrected chi connectivity index (χ0v) is 15.6. The molecule has 2 aromatic carbocycles. The summed E-state index contributed by atoms with van der Waals surface area (Å²) in [6.45, 7) is 1.77. The molecule has 0 N–H and O–H groups in total. The highest BCUT2D eigenvalue weighted by Crippen LogP contribution is 2.27. The number of aryl methyl sites for hydroxylation is 1. The first kappa shape index (κ1) is 19.0. The van der Waals surface area contributed by atoms with E-state index in [1.54, 1.807) is 26.1 Å². The maximum atomic E-state index is 13.9. The Morgan fingerprint density at radius 2 is 2.00 bits per heavy atom. The first-order valence-electron chi connectivity index (χ1n) is 8.14. The molecule has 3 aromatic rings. The average Bonchev–Trinajstić information content (AvgIpc) is 3.07. The van der Waals surface area contributed by atoms with Crippen LogP contribution in [-0.4, -0.2) is 28.0 Å². The van der Waals surface area contributed by atoms with Gasteiger partial charge in [-0.3, -0.25) is 4.79 Å². The Morgan fingerprint density at radius 3 is 2.70 bits per heavy atom. The third-order valence-electron chi connectivity index (χ3n) is 3.81. The van der Waals surface area contributed by atoms with Crippen molar-refractivity contribution in [2.45, 2.75) is 24.1 Å². The standard InChI is InChI=1S/C19H17F2N3O2S/c1-12-22-18(26-23-12)11-27-17-6-4-3-5-15(17)19(25)24(2)10-13-7-8-14(20)9-16(13)21/h3-9H,10-11H2,1-2H3.